The van der Waals surface area contributed by atoms with Crippen LogP contribution >= 0.6 is 0 Å². The zero-order valence-corrected chi connectivity index (χ0v) is 12.2. The molecular formula is C17H17N3O. The molecule has 4 nitrogen and oxygen atoms in total. The third-order valence-electron chi connectivity index (χ3n) is 3.20. The van der Waals surface area contributed by atoms with Gasteiger partial charge in [-0.2, -0.15) is 5.26 Å². The molecule has 0 saturated carbocycles. The van der Waals surface area contributed by atoms with Gasteiger partial charge in [-0.3, -0.25) is 9.78 Å². The number of hydrogen-bond donors (Lipinski definition) is 0. The standard InChI is InChI=1S/C17H17N3O/c1-13(2)20(17(21)16-5-3-4-10-19-16)12-15-8-6-14(11-18)7-9-15/h3-10,13H,12H2,1-2H3. The van der Waals surface area contributed by atoms with Gasteiger partial charge in [-0.25, -0.2) is 0 Å². The van der Waals surface area contributed by atoms with E-state index in [1.165, 1.54) is 0 Å². The summed E-state index contributed by atoms with van der Waals surface area (Å²) in [5.41, 5.74) is 2.05. The molecule has 0 unspecified atom stereocenters. The largest absolute Gasteiger partial charge is 0.331 e. The summed E-state index contributed by atoms with van der Waals surface area (Å²) in [5, 5.41) is 8.81. The monoisotopic (exact) mass is 279 g/mol. The predicted octanol–water partition coefficient (Wildman–Crippen LogP) is 3.00. The molecule has 1 amide bonds. The fourth-order valence-corrected chi connectivity index (χ4v) is 2.01. The maximum Gasteiger partial charge on any atom is 0.272 e. The van der Waals surface area contributed by atoms with Gasteiger partial charge in [0.2, 0.25) is 0 Å². The number of aromatic nitrogens is 1. The van der Waals surface area contributed by atoms with E-state index in [2.05, 4.69) is 11.1 Å². The van der Waals surface area contributed by atoms with Gasteiger partial charge in [0.05, 0.1) is 11.6 Å². The molecule has 0 radical (unpaired) electrons. The average molecular weight is 279 g/mol. The highest BCUT2D eigenvalue weighted by atomic mass is 16.2. The third-order valence-corrected chi connectivity index (χ3v) is 3.20. The lowest BCUT2D eigenvalue weighted by Crippen LogP contribution is -2.36. The van der Waals surface area contributed by atoms with Crippen LogP contribution in [-0.2, 0) is 6.54 Å². The normalized spacial score (nSPS) is 10.2. The van der Waals surface area contributed by atoms with E-state index in [9.17, 15) is 4.79 Å². The molecule has 1 heterocycles. The highest BCUT2D eigenvalue weighted by Crippen LogP contribution is 2.13. The van der Waals surface area contributed by atoms with Crippen molar-refractivity contribution in [1.29, 1.82) is 5.26 Å². The number of benzene rings is 1. The molecule has 2 rings (SSSR count). The van der Waals surface area contributed by atoms with Gasteiger partial charge in [0.25, 0.3) is 5.91 Å². The summed E-state index contributed by atoms with van der Waals surface area (Å²) in [7, 11) is 0. The Bertz CT molecular complexity index is 642. The van der Waals surface area contributed by atoms with Gasteiger partial charge >= 0.3 is 0 Å². The summed E-state index contributed by atoms with van der Waals surface area (Å²) in [6, 6.07) is 14.7. The van der Waals surface area contributed by atoms with E-state index in [1.54, 1.807) is 41.4 Å². The number of carbonyl (C=O) groups is 1. The van der Waals surface area contributed by atoms with Crippen molar-refractivity contribution in [3.8, 4) is 6.07 Å². The highest BCUT2D eigenvalue weighted by molar-refractivity contribution is 5.92. The molecular weight excluding hydrogens is 262 g/mol. The van der Waals surface area contributed by atoms with Crippen molar-refractivity contribution in [3.63, 3.8) is 0 Å². The van der Waals surface area contributed by atoms with Crippen molar-refractivity contribution in [2.24, 2.45) is 0 Å². The van der Waals surface area contributed by atoms with Gasteiger partial charge in [-0.15, -0.1) is 0 Å². The summed E-state index contributed by atoms with van der Waals surface area (Å²) < 4.78 is 0. The Hall–Kier alpha value is -2.67. The second-order valence-electron chi connectivity index (χ2n) is 5.05. The van der Waals surface area contributed by atoms with Gasteiger partial charge in [0.1, 0.15) is 5.69 Å². The summed E-state index contributed by atoms with van der Waals surface area (Å²) in [6.45, 7) is 4.45. The Labute approximate surface area is 124 Å². The lowest BCUT2D eigenvalue weighted by atomic mass is 10.1. The molecule has 106 valence electrons. The number of nitriles is 1. The number of rotatable bonds is 4. The van der Waals surface area contributed by atoms with Crippen molar-refractivity contribution in [1.82, 2.24) is 9.88 Å². The second-order valence-corrected chi connectivity index (χ2v) is 5.05. The van der Waals surface area contributed by atoms with Crippen LogP contribution in [0.1, 0.15) is 35.5 Å². The van der Waals surface area contributed by atoms with Crippen LogP contribution in [0.4, 0.5) is 0 Å². The van der Waals surface area contributed by atoms with E-state index in [1.807, 2.05) is 26.0 Å². The Morgan fingerprint density at radius 3 is 2.48 bits per heavy atom. The van der Waals surface area contributed by atoms with E-state index in [4.69, 9.17) is 5.26 Å². The summed E-state index contributed by atoms with van der Waals surface area (Å²) in [4.78, 5) is 18.4. The molecule has 0 aliphatic rings. The van der Waals surface area contributed by atoms with Gasteiger partial charge in [0.15, 0.2) is 0 Å². The maximum absolute atomic E-state index is 12.5. The van der Waals surface area contributed by atoms with E-state index in [-0.39, 0.29) is 11.9 Å². The van der Waals surface area contributed by atoms with E-state index in [0.717, 1.165) is 5.56 Å². The third kappa shape index (κ3) is 3.67. The molecule has 21 heavy (non-hydrogen) atoms. The van der Waals surface area contributed by atoms with E-state index < -0.39 is 0 Å². The van der Waals surface area contributed by atoms with E-state index in [0.29, 0.717) is 17.8 Å². The molecule has 4 heteroatoms. The Morgan fingerprint density at radius 2 is 1.95 bits per heavy atom. The molecule has 0 aliphatic heterocycles. The van der Waals surface area contributed by atoms with Crippen LogP contribution in [-0.4, -0.2) is 21.8 Å². The first-order chi connectivity index (χ1) is 10.1. The molecule has 0 aliphatic carbocycles. The first-order valence-electron chi connectivity index (χ1n) is 6.83. The minimum absolute atomic E-state index is 0.0650. The zero-order chi connectivity index (χ0) is 15.2. The molecule has 0 N–H and O–H groups in total. The second kappa shape index (κ2) is 6.67. The molecule has 0 saturated heterocycles. The van der Waals surface area contributed by atoms with Crippen molar-refractivity contribution in [3.05, 3.63) is 65.5 Å². The minimum Gasteiger partial charge on any atom is -0.331 e. The fraction of sp³-hybridized carbons (Fsp3) is 0.235. The molecule has 0 fully saturated rings. The Balaban J connectivity index is 2.19. The molecule has 2 aromatic rings. The van der Waals surface area contributed by atoms with E-state index >= 15 is 0 Å². The molecule has 1 aromatic heterocycles. The number of hydrogen-bond acceptors (Lipinski definition) is 3. The number of pyridine rings is 1. The summed E-state index contributed by atoms with van der Waals surface area (Å²) in [5.74, 6) is -0.0880. The molecule has 0 spiro atoms. The van der Waals surface area contributed by atoms with Gasteiger partial charge in [0, 0.05) is 18.8 Å². The van der Waals surface area contributed by atoms with Crippen molar-refractivity contribution in [2.45, 2.75) is 26.4 Å². The van der Waals surface area contributed by atoms with Crippen LogP contribution < -0.4 is 0 Å². The average Bonchev–Trinajstić information content (AvgIpc) is 2.53. The van der Waals surface area contributed by atoms with Crippen LogP contribution in [0.3, 0.4) is 0 Å². The molecule has 0 bridgehead atoms. The smallest absolute Gasteiger partial charge is 0.272 e. The lowest BCUT2D eigenvalue weighted by Gasteiger charge is -2.26. The minimum atomic E-state index is -0.0880. The molecule has 0 atom stereocenters. The Kier molecular flexibility index (Phi) is 4.68. The van der Waals surface area contributed by atoms with Crippen molar-refractivity contribution < 1.29 is 4.79 Å². The van der Waals surface area contributed by atoms with Crippen molar-refractivity contribution >= 4 is 5.91 Å². The zero-order valence-electron chi connectivity index (χ0n) is 12.2. The van der Waals surface area contributed by atoms with Gasteiger partial charge in [-0.05, 0) is 43.7 Å². The summed E-state index contributed by atoms with van der Waals surface area (Å²) in [6.07, 6.45) is 1.62. The number of nitrogens with zero attached hydrogens (tertiary/aromatic N) is 3. The van der Waals surface area contributed by atoms with Crippen LogP contribution in [0, 0.1) is 11.3 Å². The number of amides is 1. The summed E-state index contributed by atoms with van der Waals surface area (Å²) >= 11 is 0. The van der Waals surface area contributed by atoms with Gasteiger partial charge < -0.3 is 4.90 Å². The molecule has 1 aromatic carbocycles. The predicted molar refractivity (Wildman–Crippen MR) is 80.4 cm³/mol. The SMILES string of the molecule is CC(C)N(Cc1ccc(C#N)cc1)C(=O)c1ccccn1. The lowest BCUT2D eigenvalue weighted by molar-refractivity contribution is 0.0684. The quantitative estimate of drug-likeness (QED) is 0.864. The highest BCUT2D eigenvalue weighted by Gasteiger charge is 2.19. The van der Waals surface area contributed by atoms with Crippen molar-refractivity contribution in [2.75, 3.05) is 0 Å². The van der Waals surface area contributed by atoms with Crippen LogP contribution in [0.2, 0.25) is 0 Å². The number of carbonyl (C=O) groups excluding carboxylic acids is 1. The van der Waals surface area contributed by atoms with Crippen LogP contribution in [0.25, 0.3) is 0 Å². The topological polar surface area (TPSA) is 57.0 Å². The first-order valence-corrected chi connectivity index (χ1v) is 6.83. The first kappa shape index (κ1) is 14.7. The fourth-order valence-electron chi connectivity index (χ4n) is 2.01. The Morgan fingerprint density at radius 1 is 1.24 bits per heavy atom. The van der Waals surface area contributed by atoms with Crippen LogP contribution in [0.5, 0.6) is 0 Å². The van der Waals surface area contributed by atoms with Crippen LogP contribution in [0.15, 0.2) is 48.7 Å². The van der Waals surface area contributed by atoms with Gasteiger partial charge in [-0.1, -0.05) is 18.2 Å². The maximum atomic E-state index is 12.5.